The highest BCUT2D eigenvalue weighted by atomic mass is 16.6. The van der Waals surface area contributed by atoms with E-state index in [9.17, 15) is 4.79 Å². The number of hydrogen-bond donors (Lipinski definition) is 0. The van der Waals surface area contributed by atoms with E-state index in [1.165, 1.54) is 0 Å². The molecule has 0 unspecified atom stereocenters. The molecule has 2 rings (SSSR count). The number of cyclic esters (lactones) is 1. The van der Waals surface area contributed by atoms with Gasteiger partial charge in [-0.25, -0.2) is 0 Å². The van der Waals surface area contributed by atoms with Crippen LogP contribution in [0.15, 0.2) is 22.8 Å². The van der Waals surface area contributed by atoms with Crippen molar-refractivity contribution in [2.24, 2.45) is 0 Å². The third-order valence-electron chi connectivity index (χ3n) is 1.74. The van der Waals surface area contributed by atoms with Gasteiger partial charge in [0.25, 0.3) is 0 Å². The molecule has 2 heterocycles. The lowest BCUT2D eigenvalue weighted by Gasteiger charge is -2.03. The van der Waals surface area contributed by atoms with Gasteiger partial charge in [-0.3, -0.25) is 4.79 Å². The van der Waals surface area contributed by atoms with Crippen LogP contribution in [0.5, 0.6) is 0 Å². The molecule has 0 aliphatic carbocycles. The van der Waals surface area contributed by atoms with Crippen LogP contribution in [0.3, 0.4) is 0 Å². The van der Waals surface area contributed by atoms with Crippen LogP contribution in [0.25, 0.3) is 0 Å². The average Bonchev–Trinajstić information content (AvgIpc) is 2.55. The van der Waals surface area contributed by atoms with Gasteiger partial charge in [0.05, 0.1) is 6.26 Å². The van der Waals surface area contributed by atoms with Crippen molar-refractivity contribution in [3.63, 3.8) is 0 Å². The number of rotatable bonds is 1. The summed E-state index contributed by atoms with van der Waals surface area (Å²) in [6.07, 6.45) is 2.69. The monoisotopic (exact) mass is 152 g/mol. The molecule has 0 radical (unpaired) electrons. The summed E-state index contributed by atoms with van der Waals surface area (Å²) in [7, 11) is 0. The van der Waals surface area contributed by atoms with Crippen molar-refractivity contribution in [2.45, 2.75) is 18.9 Å². The molecule has 58 valence electrons. The van der Waals surface area contributed by atoms with E-state index >= 15 is 0 Å². The van der Waals surface area contributed by atoms with Gasteiger partial charge in [0.1, 0.15) is 5.76 Å². The molecule has 0 saturated carbocycles. The molecule has 0 amide bonds. The number of furan rings is 1. The van der Waals surface area contributed by atoms with Crippen molar-refractivity contribution in [2.75, 3.05) is 0 Å². The van der Waals surface area contributed by atoms with Crippen LogP contribution >= 0.6 is 0 Å². The van der Waals surface area contributed by atoms with Crippen molar-refractivity contribution < 1.29 is 13.9 Å². The molecule has 1 fully saturated rings. The van der Waals surface area contributed by atoms with Crippen molar-refractivity contribution in [3.05, 3.63) is 24.2 Å². The summed E-state index contributed by atoms with van der Waals surface area (Å²) in [6, 6.07) is 3.62. The maximum absolute atomic E-state index is 10.7. The van der Waals surface area contributed by atoms with Crippen LogP contribution in [-0.4, -0.2) is 5.97 Å². The van der Waals surface area contributed by atoms with Gasteiger partial charge < -0.3 is 9.15 Å². The van der Waals surface area contributed by atoms with Crippen molar-refractivity contribution in [1.82, 2.24) is 0 Å². The molecular formula is C8H8O3. The fourth-order valence-corrected chi connectivity index (χ4v) is 1.20. The van der Waals surface area contributed by atoms with Gasteiger partial charge >= 0.3 is 5.97 Å². The Balaban J connectivity index is 2.13. The van der Waals surface area contributed by atoms with Gasteiger partial charge in [-0.05, 0) is 12.1 Å². The number of ether oxygens (including phenoxy) is 1. The van der Waals surface area contributed by atoms with E-state index < -0.39 is 0 Å². The van der Waals surface area contributed by atoms with Crippen molar-refractivity contribution >= 4 is 5.97 Å². The summed E-state index contributed by atoms with van der Waals surface area (Å²) in [4.78, 5) is 10.7. The first-order chi connectivity index (χ1) is 5.36. The average molecular weight is 152 g/mol. The largest absolute Gasteiger partial charge is 0.465 e. The van der Waals surface area contributed by atoms with Gasteiger partial charge in [0.2, 0.25) is 0 Å². The first kappa shape index (κ1) is 6.46. The van der Waals surface area contributed by atoms with Crippen LogP contribution in [0, 0.1) is 0 Å². The zero-order valence-electron chi connectivity index (χ0n) is 5.95. The van der Waals surface area contributed by atoms with E-state index in [1.54, 1.807) is 12.3 Å². The predicted octanol–water partition coefficient (Wildman–Crippen LogP) is 1.66. The third-order valence-corrected chi connectivity index (χ3v) is 1.74. The number of carbonyl (C=O) groups excluding carboxylic acids is 1. The summed E-state index contributed by atoms with van der Waals surface area (Å²) in [5, 5.41) is 0. The molecule has 1 aromatic rings. The Kier molecular flexibility index (Phi) is 1.42. The Morgan fingerprint density at radius 3 is 3.00 bits per heavy atom. The molecule has 0 spiro atoms. The molecule has 11 heavy (non-hydrogen) atoms. The van der Waals surface area contributed by atoms with E-state index in [0.29, 0.717) is 6.42 Å². The molecule has 1 aliphatic heterocycles. The van der Waals surface area contributed by atoms with Crippen LogP contribution in [0.2, 0.25) is 0 Å². The van der Waals surface area contributed by atoms with E-state index in [0.717, 1.165) is 12.2 Å². The van der Waals surface area contributed by atoms with Gasteiger partial charge in [0, 0.05) is 12.8 Å². The minimum Gasteiger partial charge on any atom is -0.465 e. The molecular weight excluding hydrogens is 144 g/mol. The maximum atomic E-state index is 10.7. The third kappa shape index (κ3) is 1.13. The lowest BCUT2D eigenvalue weighted by Crippen LogP contribution is -1.96. The van der Waals surface area contributed by atoms with Crippen LogP contribution < -0.4 is 0 Å². The molecule has 0 N–H and O–H groups in total. The van der Waals surface area contributed by atoms with Crippen molar-refractivity contribution in [1.29, 1.82) is 0 Å². The lowest BCUT2D eigenvalue weighted by atomic mass is 10.2. The van der Waals surface area contributed by atoms with Crippen molar-refractivity contribution in [3.8, 4) is 0 Å². The highest BCUT2D eigenvalue weighted by Gasteiger charge is 2.26. The number of hydrogen-bond acceptors (Lipinski definition) is 3. The first-order valence-corrected chi connectivity index (χ1v) is 3.59. The summed E-state index contributed by atoms with van der Waals surface area (Å²) < 4.78 is 10.1. The number of esters is 1. The van der Waals surface area contributed by atoms with Crippen LogP contribution in [-0.2, 0) is 9.53 Å². The highest BCUT2D eigenvalue weighted by molar-refractivity contribution is 5.71. The topological polar surface area (TPSA) is 39.4 Å². The maximum Gasteiger partial charge on any atom is 0.306 e. The van der Waals surface area contributed by atoms with Crippen LogP contribution in [0.1, 0.15) is 24.7 Å². The predicted molar refractivity (Wildman–Crippen MR) is 36.8 cm³/mol. The van der Waals surface area contributed by atoms with E-state index in [1.807, 2.05) is 6.07 Å². The lowest BCUT2D eigenvalue weighted by molar-refractivity contribution is -0.142. The van der Waals surface area contributed by atoms with Gasteiger partial charge in [-0.1, -0.05) is 0 Å². The first-order valence-electron chi connectivity index (χ1n) is 3.59. The Labute approximate surface area is 64.0 Å². The normalized spacial score (nSPS) is 23.6. The van der Waals surface area contributed by atoms with Gasteiger partial charge in [0.15, 0.2) is 6.10 Å². The Morgan fingerprint density at radius 1 is 1.55 bits per heavy atom. The molecule has 0 aromatic carbocycles. The minimum atomic E-state index is -0.141. The summed E-state index contributed by atoms with van der Waals surface area (Å²) in [5.74, 6) is 0.613. The fourth-order valence-electron chi connectivity index (χ4n) is 1.20. The number of carbonyl (C=O) groups is 1. The second-order valence-corrected chi connectivity index (χ2v) is 2.53. The highest BCUT2D eigenvalue weighted by Crippen LogP contribution is 2.29. The van der Waals surface area contributed by atoms with Gasteiger partial charge in [-0.2, -0.15) is 0 Å². The minimum absolute atomic E-state index is 0.133. The Bertz CT molecular complexity index is 250. The smallest absolute Gasteiger partial charge is 0.306 e. The van der Waals surface area contributed by atoms with Crippen LogP contribution in [0.4, 0.5) is 0 Å². The molecule has 3 nitrogen and oxygen atoms in total. The zero-order valence-corrected chi connectivity index (χ0v) is 5.95. The summed E-state index contributed by atoms with van der Waals surface area (Å²) >= 11 is 0. The molecule has 1 aliphatic rings. The fraction of sp³-hybridized carbons (Fsp3) is 0.375. The second-order valence-electron chi connectivity index (χ2n) is 2.53. The van der Waals surface area contributed by atoms with E-state index in [2.05, 4.69) is 0 Å². The molecule has 3 heteroatoms. The standard InChI is InChI=1S/C8H8O3/c9-8-4-3-7(11-8)6-2-1-5-10-6/h1-2,5,7H,3-4H2/t7-/m1/s1. The van der Waals surface area contributed by atoms with E-state index in [4.69, 9.17) is 9.15 Å². The molecule has 1 saturated heterocycles. The Hall–Kier alpha value is -1.25. The molecule has 1 aromatic heterocycles. The molecule has 1 atom stereocenters. The Morgan fingerprint density at radius 2 is 2.45 bits per heavy atom. The summed E-state index contributed by atoms with van der Waals surface area (Å²) in [6.45, 7) is 0. The summed E-state index contributed by atoms with van der Waals surface area (Å²) in [5.41, 5.74) is 0. The second kappa shape index (κ2) is 2.42. The van der Waals surface area contributed by atoms with Gasteiger partial charge in [-0.15, -0.1) is 0 Å². The van der Waals surface area contributed by atoms with E-state index in [-0.39, 0.29) is 12.1 Å². The quantitative estimate of drug-likeness (QED) is 0.574. The SMILES string of the molecule is O=C1CC[C@H](c2ccco2)O1. The zero-order chi connectivity index (χ0) is 7.68. The molecule has 0 bridgehead atoms.